The van der Waals surface area contributed by atoms with Crippen molar-refractivity contribution < 1.29 is 14.6 Å². The number of aromatic nitrogens is 2. The van der Waals surface area contributed by atoms with E-state index >= 15 is 0 Å². The van der Waals surface area contributed by atoms with Crippen LogP contribution in [0.5, 0.6) is 5.75 Å². The molecular formula is C29H36N2O3. The molecule has 3 aromatic rings. The van der Waals surface area contributed by atoms with Gasteiger partial charge in [-0.1, -0.05) is 30.3 Å². The first-order valence-corrected chi connectivity index (χ1v) is 12.8. The number of fused-ring (bicyclic) bond motifs is 1. The molecular weight excluding hydrogens is 424 g/mol. The number of benzene rings is 2. The van der Waals surface area contributed by atoms with Crippen molar-refractivity contribution in [2.75, 3.05) is 7.11 Å². The van der Waals surface area contributed by atoms with E-state index in [2.05, 4.69) is 16.7 Å². The number of nitrogens with zero attached hydrogens (tertiary/aromatic N) is 2. The van der Waals surface area contributed by atoms with Crippen LogP contribution in [-0.4, -0.2) is 27.6 Å². The van der Waals surface area contributed by atoms with Crippen LogP contribution in [0.1, 0.15) is 93.6 Å². The van der Waals surface area contributed by atoms with Crippen LogP contribution in [0.4, 0.5) is 0 Å². The highest BCUT2D eigenvalue weighted by atomic mass is 16.5. The van der Waals surface area contributed by atoms with Crippen molar-refractivity contribution in [3.8, 4) is 5.75 Å². The summed E-state index contributed by atoms with van der Waals surface area (Å²) in [5.41, 5.74) is 3.28. The molecule has 2 fully saturated rings. The van der Waals surface area contributed by atoms with Crippen LogP contribution in [0, 0.1) is 0 Å². The fraction of sp³-hybridized carbons (Fsp3) is 0.517. The highest BCUT2D eigenvalue weighted by Crippen LogP contribution is 2.46. The Kier molecular flexibility index (Phi) is 6.48. The van der Waals surface area contributed by atoms with Crippen molar-refractivity contribution in [2.24, 2.45) is 0 Å². The van der Waals surface area contributed by atoms with Gasteiger partial charge in [0, 0.05) is 31.4 Å². The molecule has 2 aliphatic rings. The van der Waals surface area contributed by atoms with Crippen LogP contribution in [0.2, 0.25) is 0 Å². The van der Waals surface area contributed by atoms with E-state index in [9.17, 15) is 9.90 Å². The number of methoxy groups -OCH3 is 1. The van der Waals surface area contributed by atoms with E-state index in [0.29, 0.717) is 18.4 Å². The Hall–Kier alpha value is -2.66. The summed E-state index contributed by atoms with van der Waals surface area (Å²) in [6, 6.07) is 14.5. The summed E-state index contributed by atoms with van der Waals surface area (Å²) in [4.78, 5) is 17.6. The molecule has 0 aliphatic heterocycles. The minimum absolute atomic E-state index is 0.111. The molecule has 1 heterocycles. The largest absolute Gasteiger partial charge is 0.496 e. The quantitative estimate of drug-likeness (QED) is 0.345. The van der Waals surface area contributed by atoms with Gasteiger partial charge in [-0.3, -0.25) is 4.79 Å². The fourth-order valence-corrected chi connectivity index (χ4v) is 5.28. The average molecular weight is 461 g/mol. The van der Waals surface area contributed by atoms with Gasteiger partial charge in [-0.05, 0) is 75.0 Å². The van der Waals surface area contributed by atoms with Crippen LogP contribution in [0.25, 0.3) is 11.0 Å². The van der Waals surface area contributed by atoms with E-state index in [1.807, 2.05) is 30.3 Å². The Morgan fingerprint density at radius 1 is 1.15 bits per heavy atom. The third-order valence-electron chi connectivity index (χ3n) is 7.61. The molecule has 0 spiro atoms. The number of Topliss-reactive ketones (excluding diaryl/α,β-unsaturated/α-hetero) is 1. The Bertz CT molecular complexity index is 1160. The minimum atomic E-state index is -1.12. The lowest BCUT2D eigenvalue weighted by molar-refractivity contribution is -0.123. The summed E-state index contributed by atoms with van der Waals surface area (Å²) in [5.74, 6) is 2.85. The maximum Gasteiger partial charge on any atom is 0.136 e. The number of ether oxygens (including phenoxy) is 1. The smallest absolute Gasteiger partial charge is 0.136 e. The number of rotatable bonds is 11. The zero-order chi connectivity index (χ0) is 23.7. The molecule has 34 heavy (non-hydrogen) atoms. The number of aryl methyl sites for hydroxylation is 1. The lowest BCUT2D eigenvalue weighted by atomic mass is 9.89. The molecule has 1 atom stereocenters. The molecule has 0 bridgehead atoms. The molecule has 1 aromatic heterocycles. The molecule has 2 aliphatic carbocycles. The Morgan fingerprint density at radius 2 is 1.91 bits per heavy atom. The van der Waals surface area contributed by atoms with Gasteiger partial charge >= 0.3 is 0 Å². The highest BCUT2D eigenvalue weighted by Gasteiger charge is 2.30. The average Bonchev–Trinajstić information content (AvgIpc) is 3.58. The molecule has 5 heteroatoms. The molecule has 2 saturated carbocycles. The Morgan fingerprint density at radius 3 is 2.56 bits per heavy atom. The van der Waals surface area contributed by atoms with Crippen molar-refractivity contribution in [3.63, 3.8) is 0 Å². The normalized spacial score (nSPS) is 18.0. The van der Waals surface area contributed by atoms with Gasteiger partial charge in [0.25, 0.3) is 0 Å². The summed E-state index contributed by atoms with van der Waals surface area (Å²) < 4.78 is 8.17. The van der Waals surface area contributed by atoms with Crippen LogP contribution in [0.3, 0.4) is 0 Å². The van der Waals surface area contributed by atoms with Crippen molar-refractivity contribution in [1.82, 2.24) is 9.55 Å². The number of unbranched alkanes of at least 4 members (excludes halogenated alkanes) is 1. The summed E-state index contributed by atoms with van der Waals surface area (Å²) in [6.07, 6.45) is 9.46. The van der Waals surface area contributed by atoms with Gasteiger partial charge in [0.05, 0.1) is 23.7 Å². The zero-order valence-corrected chi connectivity index (χ0v) is 20.4. The highest BCUT2D eigenvalue weighted by molar-refractivity contribution is 5.80. The predicted octanol–water partition coefficient (Wildman–Crippen LogP) is 6.23. The first-order valence-electron chi connectivity index (χ1n) is 12.8. The van der Waals surface area contributed by atoms with E-state index in [-0.39, 0.29) is 12.2 Å². The van der Waals surface area contributed by atoms with Crippen molar-refractivity contribution in [1.29, 1.82) is 0 Å². The van der Waals surface area contributed by atoms with Crippen LogP contribution in [0.15, 0.2) is 42.5 Å². The number of ketones is 1. The van der Waals surface area contributed by atoms with Gasteiger partial charge in [-0.25, -0.2) is 4.98 Å². The number of carbonyl (C=O) groups is 1. The van der Waals surface area contributed by atoms with E-state index < -0.39 is 5.60 Å². The van der Waals surface area contributed by atoms with E-state index in [0.717, 1.165) is 41.9 Å². The summed E-state index contributed by atoms with van der Waals surface area (Å²) in [7, 11) is 1.75. The van der Waals surface area contributed by atoms with E-state index in [4.69, 9.17) is 9.72 Å². The van der Waals surface area contributed by atoms with Crippen molar-refractivity contribution in [3.05, 3.63) is 59.4 Å². The monoisotopic (exact) mass is 460 g/mol. The topological polar surface area (TPSA) is 64.3 Å². The van der Waals surface area contributed by atoms with Gasteiger partial charge < -0.3 is 14.4 Å². The number of carbonyl (C=O) groups excluding carboxylic acids is 1. The number of imidazole rings is 1. The molecule has 0 amide bonds. The van der Waals surface area contributed by atoms with E-state index in [1.54, 1.807) is 14.0 Å². The van der Waals surface area contributed by atoms with Crippen LogP contribution >= 0.6 is 0 Å². The van der Waals surface area contributed by atoms with Gasteiger partial charge in [0.15, 0.2) is 0 Å². The number of hydrogen-bond acceptors (Lipinski definition) is 4. The second-order valence-electron chi connectivity index (χ2n) is 10.4. The van der Waals surface area contributed by atoms with Crippen LogP contribution < -0.4 is 4.74 Å². The summed E-state index contributed by atoms with van der Waals surface area (Å²) in [5, 5.41) is 10.8. The molecule has 1 N–H and O–H groups in total. The van der Waals surface area contributed by atoms with Crippen molar-refractivity contribution >= 4 is 16.8 Å². The van der Waals surface area contributed by atoms with E-state index in [1.165, 1.54) is 43.2 Å². The SMILES string of the molecule is COc1cc2nc(CCCCC(=O)C[C@@](C)(O)c3ccccc3)n(C3CCC3)c2cc1C1CC1. The van der Waals surface area contributed by atoms with Gasteiger partial charge in [-0.2, -0.15) is 0 Å². The summed E-state index contributed by atoms with van der Waals surface area (Å²) >= 11 is 0. The second kappa shape index (κ2) is 9.53. The third-order valence-corrected chi connectivity index (χ3v) is 7.61. The first-order chi connectivity index (χ1) is 16.5. The predicted molar refractivity (Wildman–Crippen MR) is 134 cm³/mol. The molecule has 5 nitrogen and oxygen atoms in total. The third kappa shape index (κ3) is 4.76. The maximum absolute atomic E-state index is 12.6. The molecule has 0 unspecified atom stereocenters. The second-order valence-corrected chi connectivity index (χ2v) is 10.4. The number of hydrogen-bond donors (Lipinski definition) is 1. The minimum Gasteiger partial charge on any atom is -0.496 e. The van der Waals surface area contributed by atoms with Gasteiger partial charge in [0.2, 0.25) is 0 Å². The first kappa shape index (κ1) is 23.1. The maximum atomic E-state index is 12.6. The van der Waals surface area contributed by atoms with Crippen LogP contribution in [-0.2, 0) is 16.8 Å². The Balaban J connectivity index is 1.24. The molecule has 5 rings (SSSR count). The lowest BCUT2D eigenvalue weighted by Crippen LogP contribution is -2.25. The lowest BCUT2D eigenvalue weighted by Gasteiger charge is -2.29. The van der Waals surface area contributed by atoms with Gasteiger partial charge in [0.1, 0.15) is 17.4 Å². The number of aliphatic hydroxyl groups is 1. The Labute approximate surface area is 202 Å². The fourth-order valence-electron chi connectivity index (χ4n) is 5.28. The zero-order valence-electron chi connectivity index (χ0n) is 20.4. The van der Waals surface area contributed by atoms with Gasteiger partial charge in [-0.15, -0.1) is 0 Å². The standard InChI is InChI=1S/C29H36N2O3/c1-29(33,21-9-4-3-5-10-21)19-23(32)13-6-7-14-28-30-25-18-27(34-2)24(20-15-16-20)17-26(25)31(28)22-11-8-12-22/h3-5,9-10,17-18,20,22,33H,6-8,11-16,19H2,1-2H3/t29-/m1/s1. The molecule has 0 radical (unpaired) electrons. The molecule has 2 aromatic carbocycles. The van der Waals surface area contributed by atoms with Crippen molar-refractivity contribution in [2.45, 2.75) is 88.7 Å². The molecule has 180 valence electrons. The molecule has 0 saturated heterocycles. The summed E-state index contributed by atoms with van der Waals surface area (Å²) in [6.45, 7) is 1.73.